The van der Waals surface area contributed by atoms with Gasteiger partial charge in [-0.05, 0) is 17.8 Å². The predicted molar refractivity (Wildman–Crippen MR) is 73.1 cm³/mol. The average molecular weight is 302 g/mol. The van der Waals surface area contributed by atoms with E-state index < -0.39 is 16.5 Å². The fourth-order valence-electron chi connectivity index (χ4n) is 1.89. The van der Waals surface area contributed by atoms with Gasteiger partial charge in [0, 0.05) is 10.8 Å². The summed E-state index contributed by atoms with van der Waals surface area (Å²) >= 11 is -0.240. The van der Waals surface area contributed by atoms with Gasteiger partial charge in [-0.1, -0.05) is 39.0 Å². The minimum absolute atomic E-state index is 0.0415. The minimum atomic E-state index is -4.44. The highest BCUT2D eigenvalue weighted by molar-refractivity contribution is 8.00. The molecule has 0 aliphatic rings. The van der Waals surface area contributed by atoms with Gasteiger partial charge in [-0.15, -0.1) is 0 Å². The van der Waals surface area contributed by atoms with Crippen molar-refractivity contribution in [2.75, 3.05) is 0 Å². The highest BCUT2D eigenvalue weighted by Crippen LogP contribution is 2.44. The number of halogens is 3. The number of hydrogen-bond donors (Lipinski definition) is 0. The molecule has 20 heavy (non-hydrogen) atoms. The number of benzene rings is 1. The Morgan fingerprint density at radius 3 is 2.10 bits per heavy atom. The maximum atomic E-state index is 12.8. The molecule has 1 aromatic heterocycles. The zero-order valence-electron chi connectivity index (χ0n) is 11.2. The molecule has 0 radical (unpaired) electrons. The van der Waals surface area contributed by atoms with Crippen LogP contribution in [0.1, 0.15) is 26.5 Å². The second-order valence-electron chi connectivity index (χ2n) is 5.39. The summed E-state index contributed by atoms with van der Waals surface area (Å²) in [5, 5.41) is 0.434. The second-order valence-corrected chi connectivity index (χ2v) is 6.47. The molecule has 0 aliphatic heterocycles. The number of rotatable bonds is 1. The van der Waals surface area contributed by atoms with Crippen LogP contribution in [-0.2, 0) is 5.41 Å². The van der Waals surface area contributed by atoms with Gasteiger partial charge in [-0.3, -0.25) is 0 Å². The van der Waals surface area contributed by atoms with Crippen molar-refractivity contribution in [1.82, 2.24) is 0 Å². The van der Waals surface area contributed by atoms with Crippen LogP contribution in [0.2, 0.25) is 0 Å². The summed E-state index contributed by atoms with van der Waals surface area (Å²) in [6.07, 6.45) is 0. The highest BCUT2D eigenvalue weighted by Gasteiger charge is 2.35. The highest BCUT2D eigenvalue weighted by atomic mass is 32.2. The maximum Gasteiger partial charge on any atom is 0.446 e. The molecule has 0 spiro atoms. The van der Waals surface area contributed by atoms with Crippen LogP contribution in [0.25, 0.3) is 10.8 Å². The molecule has 108 valence electrons. The van der Waals surface area contributed by atoms with Gasteiger partial charge in [0.15, 0.2) is 0 Å². The molecule has 0 bridgehead atoms. The fraction of sp³-hybridized carbons (Fsp3) is 0.357. The second kappa shape index (κ2) is 4.84. The molecule has 0 unspecified atom stereocenters. The monoisotopic (exact) mass is 302 g/mol. The molecule has 1 aromatic carbocycles. The topological polar surface area (TPSA) is 30.2 Å². The Bertz CT molecular complexity index is 696. The van der Waals surface area contributed by atoms with Gasteiger partial charge in [0.25, 0.3) is 0 Å². The van der Waals surface area contributed by atoms with Gasteiger partial charge < -0.3 is 4.42 Å². The number of hydrogen-bond acceptors (Lipinski definition) is 3. The summed E-state index contributed by atoms with van der Waals surface area (Å²) < 4.78 is 43.5. The van der Waals surface area contributed by atoms with E-state index in [0.717, 1.165) is 0 Å². The molecule has 0 atom stereocenters. The van der Waals surface area contributed by atoms with Crippen molar-refractivity contribution in [2.45, 2.75) is 36.6 Å². The molecule has 2 rings (SSSR count). The molecular formula is C14H13F3O2S. The number of alkyl halides is 3. The van der Waals surface area contributed by atoms with Crippen molar-refractivity contribution >= 4 is 22.5 Å². The first-order valence-corrected chi connectivity index (χ1v) is 6.73. The summed E-state index contributed by atoms with van der Waals surface area (Å²) in [6.45, 7) is 5.13. The Balaban J connectivity index is 2.85. The third-order valence-corrected chi connectivity index (χ3v) is 3.53. The summed E-state index contributed by atoms with van der Waals surface area (Å²) in [5.74, 6) is 0.0588. The molecule has 0 saturated heterocycles. The SMILES string of the molecule is CC(C)(C)c1oc(=O)c2ccccc2c1SC(F)(F)F. The predicted octanol–water partition coefficient (Wildman–Crippen LogP) is 4.70. The van der Waals surface area contributed by atoms with Gasteiger partial charge in [-0.25, -0.2) is 4.79 Å². The van der Waals surface area contributed by atoms with E-state index in [0.29, 0.717) is 0 Å². The molecule has 0 N–H and O–H groups in total. The first-order chi connectivity index (χ1) is 9.09. The Morgan fingerprint density at radius 1 is 1.05 bits per heavy atom. The number of thioether (sulfide) groups is 1. The van der Waals surface area contributed by atoms with Crippen LogP contribution < -0.4 is 5.63 Å². The van der Waals surface area contributed by atoms with Crippen LogP contribution in [0.15, 0.2) is 38.4 Å². The lowest BCUT2D eigenvalue weighted by molar-refractivity contribution is -0.0329. The Morgan fingerprint density at radius 2 is 1.60 bits per heavy atom. The van der Waals surface area contributed by atoms with Gasteiger partial charge in [-0.2, -0.15) is 13.2 Å². The summed E-state index contributed by atoms with van der Waals surface area (Å²) in [5.41, 5.74) is -5.75. The molecule has 2 aromatic rings. The van der Waals surface area contributed by atoms with Crippen LogP contribution in [-0.4, -0.2) is 5.51 Å². The van der Waals surface area contributed by atoms with E-state index in [9.17, 15) is 18.0 Å². The van der Waals surface area contributed by atoms with E-state index in [1.807, 2.05) is 0 Å². The standard InChI is InChI=1S/C14H13F3O2S/c1-13(2,3)11-10(20-14(15,16)17)8-6-4-5-7-9(8)12(18)19-11/h4-7H,1-3H3. The zero-order chi connectivity index (χ0) is 15.1. The van der Waals surface area contributed by atoms with Crippen molar-refractivity contribution < 1.29 is 17.6 Å². The third-order valence-electron chi connectivity index (χ3n) is 2.69. The van der Waals surface area contributed by atoms with Gasteiger partial charge >= 0.3 is 11.1 Å². The smallest absolute Gasteiger partial charge is 0.426 e. The van der Waals surface area contributed by atoms with Crippen molar-refractivity contribution in [2.24, 2.45) is 0 Å². The van der Waals surface area contributed by atoms with E-state index in [-0.39, 0.29) is 33.2 Å². The normalized spacial score (nSPS) is 12.9. The van der Waals surface area contributed by atoms with E-state index in [1.165, 1.54) is 12.1 Å². The Kier molecular flexibility index (Phi) is 3.62. The van der Waals surface area contributed by atoms with E-state index in [2.05, 4.69) is 0 Å². The van der Waals surface area contributed by atoms with Crippen LogP contribution in [0.5, 0.6) is 0 Å². The zero-order valence-corrected chi connectivity index (χ0v) is 12.0. The first-order valence-electron chi connectivity index (χ1n) is 5.91. The van der Waals surface area contributed by atoms with Crippen LogP contribution >= 0.6 is 11.8 Å². The van der Waals surface area contributed by atoms with E-state index >= 15 is 0 Å². The summed E-state index contributed by atoms with van der Waals surface area (Å²) in [4.78, 5) is 11.9. The molecule has 6 heteroatoms. The van der Waals surface area contributed by atoms with Gasteiger partial charge in [0.05, 0.1) is 10.3 Å². The van der Waals surface area contributed by atoms with Crippen molar-refractivity contribution in [3.05, 3.63) is 40.4 Å². The quantitative estimate of drug-likeness (QED) is 0.715. The summed E-state index contributed by atoms with van der Waals surface area (Å²) in [7, 11) is 0. The Hall–Kier alpha value is -1.43. The van der Waals surface area contributed by atoms with Crippen LogP contribution in [0.3, 0.4) is 0 Å². The average Bonchev–Trinajstić information content (AvgIpc) is 2.30. The molecule has 0 saturated carbocycles. The first kappa shape index (κ1) is 15.0. The molecule has 0 fully saturated rings. The minimum Gasteiger partial charge on any atom is -0.426 e. The molecular weight excluding hydrogens is 289 g/mol. The maximum absolute atomic E-state index is 12.8. The largest absolute Gasteiger partial charge is 0.446 e. The molecule has 0 aliphatic carbocycles. The van der Waals surface area contributed by atoms with Crippen molar-refractivity contribution in [3.63, 3.8) is 0 Å². The van der Waals surface area contributed by atoms with Crippen molar-refractivity contribution in [3.8, 4) is 0 Å². The lowest BCUT2D eigenvalue weighted by Crippen LogP contribution is -2.18. The van der Waals surface area contributed by atoms with Gasteiger partial charge in [0.2, 0.25) is 0 Å². The van der Waals surface area contributed by atoms with E-state index in [4.69, 9.17) is 4.42 Å². The third kappa shape index (κ3) is 3.00. The fourth-order valence-corrected chi connectivity index (χ4v) is 2.85. The molecule has 1 heterocycles. The van der Waals surface area contributed by atoms with Gasteiger partial charge in [0.1, 0.15) is 5.76 Å². The Labute approximate surface area is 118 Å². The summed E-state index contributed by atoms with van der Waals surface area (Å²) in [6, 6.07) is 6.18. The lowest BCUT2D eigenvalue weighted by atomic mass is 9.92. The van der Waals surface area contributed by atoms with E-state index in [1.54, 1.807) is 32.9 Å². The lowest BCUT2D eigenvalue weighted by Gasteiger charge is -2.21. The molecule has 2 nitrogen and oxygen atoms in total. The van der Waals surface area contributed by atoms with Crippen LogP contribution in [0, 0.1) is 0 Å². The van der Waals surface area contributed by atoms with Crippen LogP contribution in [0.4, 0.5) is 13.2 Å². The molecule has 0 amide bonds. The van der Waals surface area contributed by atoms with Crippen molar-refractivity contribution in [1.29, 1.82) is 0 Å². The number of fused-ring (bicyclic) bond motifs is 1.